The summed E-state index contributed by atoms with van der Waals surface area (Å²) in [5.74, 6) is 1.05. The Kier molecular flexibility index (Phi) is 3.22. The molecule has 1 aliphatic rings. The quantitative estimate of drug-likeness (QED) is 0.808. The largest absolute Gasteiger partial charge is 0.357 e. The Morgan fingerprint density at radius 3 is 3.00 bits per heavy atom. The highest BCUT2D eigenvalue weighted by atomic mass is 15.3. The molecule has 4 rings (SSSR count). The molecule has 0 amide bonds. The van der Waals surface area contributed by atoms with Gasteiger partial charge in [0.15, 0.2) is 0 Å². The van der Waals surface area contributed by atoms with Crippen LogP contribution in [-0.2, 0) is 19.5 Å². The number of hydrogen-bond acceptors (Lipinski definition) is 3. The van der Waals surface area contributed by atoms with Gasteiger partial charge in [-0.25, -0.2) is 0 Å². The first-order valence-corrected chi connectivity index (χ1v) is 7.91. The first-order valence-electron chi connectivity index (χ1n) is 7.91. The van der Waals surface area contributed by atoms with Gasteiger partial charge in [-0.1, -0.05) is 18.2 Å². The Morgan fingerprint density at radius 1 is 1.27 bits per heavy atom. The van der Waals surface area contributed by atoms with Crippen molar-refractivity contribution in [3.8, 4) is 0 Å². The van der Waals surface area contributed by atoms with Gasteiger partial charge in [-0.05, 0) is 31.9 Å². The third-order valence-corrected chi connectivity index (χ3v) is 4.53. The van der Waals surface area contributed by atoms with Crippen LogP contribution in [0.2, 0.25) is 0 Å². The van der Waals surface area contributed by atoms with Crippen LogP contribution in [0.5, 0.6) is 0 Å². The van der Waals surface area contributed by atoms with Crippen molar-refractivity contribution >= 4 is 10.9 Å². The lowest BCUT2D eigenvalue weighted by Crippen LogP contribution is -2.31. The van der Waals surface area contributed by atoms with Crippen LogP contribution in [0.4, 0.5) is 0 Å². The molecule has 5 heteroatoms. The maximum Gasteiger partial charge on any atom is 0.147 e. The highest BCUT2D eigenvalue weighted by molar-refractivity contribution is 5.84. The van der Waals surface area contributed by atoms with E-state index in [2.05, 4.69) is 62.8 Å². The standard InChI is InChI=1S/C17H21N5/c1-12(2)22-11-18-20-17(22)10-21-8-7-14-13-5-3-4-6-15(13)19-16(14)9-21/h3-6,11-12,19H,7-10H2,1-2H3. The van der Waals surface area contributed by atoms with Gasteiger partial charge in [0.05, 0.1) is 6.54 Å². The number of nitrogens with one attached hydrogen (secondary N) is 1. The van der Waals surface area contributed by atoms with E-state index in [1.807, 2.05) is 6.33 Å². The lowest BCUT2D eigenvalue weighted by molar-refractivity contribution is 0.232. The summed E-state index contributed by atoms with van der Waals surface area (Å²) in [5, 5.41) is 9.74. The van der Waals surface area contributed by atoms with Gasteiger partial charge in [0.1, 0.15) is 12.2 Å². The summed E-state index contributed by atoms with van der Waals surface area (Å²) in [5.41, 5.74) is 4.08. The lowest BCUT2D eigenvalue weighted by Gasteiger charge is -2.26. The molecule has 1 aliphatic heterocycles. The smallest absolute Gasteiger partial charge is 0.147 e. The van der Waals surface area contributed by atoms with Crippen LogP contribution in [0.15, 0.2) is 30.6 Å². The molecule has 22 heavy (non-hydrogen) atoms. The normalized spacial score (nSPS) is 15.6. The van der Waals surface area contributed by atoms with Gasteiger partial charge in [-0.3, -0.25) is 4.90 Å². The summed E-state index contributed by atoms with van der Waals surface area (Å²) in [6.07, 6.45) is 2.92. The summed E-state index contributed by atoms with van der Waals surface area (Å²) in [6, 6.07) is 8.99. The van der Waals surface area contributed by atoms with Crippen LogP contribution in [0.1, 0.15) is 37.0 Å². The molecule has 0 saturated carbocycles. The lowest BCUT2D eigenvalue weighted by atomic mass is 10.0. The topological polar surface area (TPSA) is 49.7 Å². The summed E-state index contributed by atoms with van der Waals surface area (Å²) in [7, 11) is 0. The summed E-state index contributed by atoms with van der Waals surface area (Å²) >= 11 is 0. The van der Waals surface area contributed by atoms with Gasteiger partial charge < -0.3 is 9.55 Å². The van der Waals surface area contributed by atoms with Crippen LogP contribution in [0.25, 0.3) is 10.9 Å². The average molecular weight is 295 g/mol. The summed E-state index contributed by atoms with van der Waals surface area (Å²) in [6.45, 7) is 7.21. The van der Waals surface area contributed by atoms with Crippen LogP contribution < -0.4 is 0 Å². The Balaban J connectivity index is 1.58. The SMILES string of the molecule is CC(C)n1cnnc1CN1CCc2c([nH]c3ccccc23)C1. The minimum absolute atomic E-state index is 0.401. The number of aromatic nitrogens is 4. The molecular weight excluding hydrogens is 274 g/mol. The molecule has 0 spiro atoms. The van der Waals surface area contributed by atoms with Crippen LogP contribution >= 0.6 is 0 Å². The molecule has 0 bridgehead atoms. The van der Waals surface area contributed by atoms with Crippen molar-refractivity contribution in [2.45, 2.75) is 39.4 Å². The molecule has 0 saturated heterocycles. The van der Waals surface area contributed by atoms with Crippen molar-refractivity contribution in [2.75, 3.05) is 6.54 Å². The molecule has 0 radical (unpaired) electrons. The Hall–Kier alpha value is -2.14. The molecule has 0 atom stereocenters. The molecule has 2 aromatic heterocycles. The summed E-state index contributed by atoms with van der Waals surface area (Å²) in [4.78, 5) is 6.02. The van der Waals surface area contributed by atoms with Gasteiger partial charge in [-0.2, -0.15) is 0 Å². The maximum absolute atomic E-state index is 4.29. The van der Waals surface area contributed by atoms with Crippen molar-refractivity contribution in [1.82, 2.24) is 24.6 Å². The van der Waals surface area contributed by atoms with E-state index in [4.69, 9.17) is 0 Å². The third kappa shape index (κ3) is 2.22. The molecule has 3 aromatic rings. The monoisotopic (exact) mass is 295 g/mol. The molecule has 0 aliphatic carbocycles. The molecule has 0 unspecified atom stereocenters. The van der Waals surface area contributed by atoms with Crippen molar-refractivity contribution in [1.29, 1.82) is 0 Å². The number of benzene rings is 1. The van der Waals surface area contributed by atoms with E-state index in [0.29, 0.717) is 6.04 Å². The fraction of sp³-hybridized carbons (Fsp3) is 0.412. The second-order valence-corrected chi connectivity index (χ2v) is 6.34. The van der Waals surface area contributed by atoms with Gasteiger partial charge in [-0.15, -0.1) is 10.2 Å². The van der Waals surface area contributed by atoms with Crippen molar-refractivity contribution < 1.29 is 0 Å². The van der Waals surface area contributed by atoms with Crippen molar-refractivity contribution in [3.05, 3.63) is 47.7 Å². The first kappa shape index (κ1) is 13.5. The zero-order valence-electron chi connectivity index (χ0n) is 13.1. The molecule has 1 N–H and O–H groups in total. The zero-order valence-corrected chi connectivity index (χ0v) is 13.1. The fourth-order valence-electron chi connectivity index (χ4n) is 3.39. The number of fused-ring (bicyclic) bond motifs is 3. The fourth-order valence-corrected chi connectivity index (χ4v) is 3.39. The van der Waals surface area contributed by atoms with Crippen molar-refractivity contribution in [2.24, 2.45) is 0 Å². The Labute approximate surface area is 130 Å². The Bertz CT molecular complexity index is 798. The third-order valence-electron chi connectivity index (χ3n) is 4.53. The highest BCUT2D eigenvalue weighted by Gasteiger charge is 2.22. The van der Waals surface area contributed by atoms with Crippen LogP contribution in [0.3, 0.4) is 0 Å². The number of nitrogens with zero attached hydrogens (tertiary/aromatic N) is 4. The molecule has 3 heterocycles. The molecule has 1 aromatic carbocycles. The predicted molar refractivity (Wildman–Crippen MR) is 86.5 cm³/mol. The van der Waals surface area contributed by atoms with E-state index >= 15 is 0 Å². The van der Waals surface area contributed by atoms with E-state index in [1.54, 1.807) is 0 Å². The Morgan fingerprint density at radius 2 is 2.14 bits per heavy atom. The predicted octanol–water partition coefficient (Wildman–Crippen LogP) is 2.90. The second-order valence-electron chi connectivity index (χ2n) is 6.34. The number of rotatable bonds is 3. The van der Waals surface area contributed by atoms with E-state index in [9.17, 15) is 0 Å². The van der Waals surface area contributed by atoms with Gasteiger partial charge in [0.2, 0.25) is 0 Å². The van der Waals surface area contributed by atoms with Gasteiger partial charge in [0, 0.05) is 35.7 Å². The van der Waals surface area contributed by atoms with Crippen LogP contribution in [0, 0.1) is 0 Å². The number of para-hydroxylation sites is 1. The zero-order chi connectivity index (χ0) is 15.1. The minimum Gasteiger partial charge on any atom is -0.357 e. The van der Waals surface area contributed by atoms with Crippen LogP contribution in [-0.4, -0.2) is 31.2 Å². The minimum atomic E-state index is 0.401. The van der Waals surface area contributed by atoms with E-state index in [1.165, 1.54) is 22.2 Å². The first-order chi connectivity index (χ1) is 10.7. The molecule has 0 fully saturated rings. The number of H-pyrrole nitrogens is 1. The van der Waals surface area contributed by atoms with Crippen molar-refractivity contribution in [3.63, 3.8) is 0 Å². The second kappa shape index (κ2) is 5.25. The molecule has 5 nitrogen and oxygen atoms in total. The summed E-state index contributed by atoms with van der Waals surface area (Å²) < 4.78 is 2.15. The molecule has 114 valence electrons. The highest BCUT2D eigenvalue weighted by Crippen LogP contribution is 2.27. The van der Waals surface area contributed by atoms with E-state index in [-0.39, 0.29) is 0 Å². The van der Waals surface area contributed by atoms with Gasteiger partial charge in [0.25, 0.3) is 0 Å². The molecular formula is C17H21N5. The number of hydrogen-bond donors (Lipinski definition) is 1. The van der Waals surface area contributed by atoms with Gasteiger partial charge >= 0.3 is 0 Å². The van der Waals surface area contributed by atoms with E-state index < -0.39 is 0 Å². The number of aromatic amines is 1. The average Bonchev–Trinajstić information content (AvgIpc) is 3.10. The van der Waals surface area contributed by atoms with E-state index in [0.717, 1.165) is 31.9 Å². The maximum atomic E-state index is 4.29.